The maximum Gasteiger partial charge on any atom is 0.237 e. The van der Waals surface area contributed by atoms with Crippen LogP contribution in [0.4, 0.5) is 28.8 Å². The molecule has 0 aliphatic carbocycles. The number of nitrogens with zero attached hydrogens (tertiary/aromatic N) is 8. The van der Waals surface area contributed by atoms with Gasteiger partial charge in [0.2, 0.25) is 17.8 Å². The number of imidazole rings is 1. The Hall–Kier alpha value is -5.41. The summed E-state index contributed by atoms with van der Waals surface area (Å²) in [6, 6.07) is 19.1. The lowest BCUT2D eigenvalue weighted by Crippen LogP contribution is -2.53. The number of piperidine rings is 2. The number of piperazine rings is 1. The number of carbonyl (C=O) groups excluding carboxylic acids is 2. The number of hydrogen-bond acceptors (Lipinski definition) is 13. The number of aryl methyl sites for hydroxylation is 3. The lowest BCUT2D eigenvalue weighted by atomic mass is 9.97. The summed E-state index contributed by atoms with van der Waals surface area (Å²) in [7, 11) is 0.939. The Balaban J connectivity index is 0.802. The molecule has 0 saturated carbocycles. The molecule has 9 rings (SSSR count). The highest BCUT2D eigenvalue weighted by Gasteiger charge is 2.32. The van der Waals surface area contributed by atoms with Crippen molar-refractivity contribution in [2.24, 2.45) is 7.05 Å². The standard InChI is InChI=1S/C49H59BrN11O4P/c1-7-32-27-40(55-49-51-29-36(50)46(57-49)53-39-14-13-37-34(10-8-30(2)52-37)45(39)66(5,6)64)43(65-4)28-41(32)61-20-17-33(18-21-61)60-24-22-59(23-25-60)19-16-31-9-12-38-42(26-31)58(3)47(54-38)35-11-15-44(62)56-48(35)63/h8-10,12-14,26-29,33,35H,7,11,15-25H2,1-6H3,(H,56,62,63)(H2,51,53,55,57). The van der Waals surface area contributed by atoms with Crippen LogP contribution >= 0.6 is 23.1 Å². The van der Waals surface area contributed by atoms with Crippen LogP contribution in [0.2, 0.25) is 0 Å². The highest BCUT2D eigenvalue weighted by molar-refractivity contribution is 9.10. The zero-order chi connectivity index (χ0) is 46.3. The van der Waals surface area contributed by atoms with E-state index < -0.39 is 13.1 Å². The summed E-state index contributed by atoms with van der Waals surface area (Å²) in [5.74, 6) is 1.51. The fourth-order valence-corrected chi connectivity index (χ4v) is 11.7. The quantitative estimate of drug-likeness (QED) is 0.0766. The number of carbonyl (C=O) groups is 2. The third kappa shape index (κ3) is 9.56. The van der Waals surface area contributed by atoms with Gasteiger partial charge in [0.1, 0.15) is 24.5 Å². The monoisotopic (exact) mass is 975 g/mol. The van der Waals surface area contributed by atoms with Gasteiger partial charge in [0.15, 0.2) is 0 Å². The lowest BCUT2D eigenvalue weighted by molar-refractivity contribution is -0.134. The van der Waals surface area contributed by atoms with Crippen LogP contribution in [0.1, 0.15) is 61.2 Å². The van der Waals surface area contributed by atoms with Crippen molar-refractivity contribution >= 4 is 91.0 Å². The van der Waals surface area contributed by atoms with E-state index in [9.17, 15) is 14.2 Å². The number of aromatic nitrogens is 5. The second kappa shape index (κ2) is 19.1. The molecule has 0 spiro atoms. The van der Waals surface area contributed by atoms with Gasteiger partial charge >= 0.3 is 0 Å². The van der Waals surface area contributed by atoms with E-state index in [0.717, 1.165) is 122 Å². The van der Waals surface area contributed by atoms with Crippen molar-refractivity contribution < 1.29 is 18.9 Å². The number of methoxy groups -OCH3 is 1. The van der Waals surface area contributed by atoms with Gasteiger partial charge < -0.3 is 34.3 Å². The molecular weight excluding hydrogens is 917 g/mol. The molecule has 3 fully saturated rings. The predicted octanol–water partition coefficient (Wildman–Crippen LogP) is 7.64. The number of benzene rings is 3. The number of anilines is 5. The molecule has 3 aromatic heterocycles. The Morgan fingerprint density at radius 3 is 2.39 bits per heavy atom. The average molecular weight is 977 g/mol. The zero-order valence-electron chi connectivity index (χ0n) is 38.7. The van der Waals surface area contributed by atoms with Gasteiger partial charge in [0.05, 0.1) is 45.4 Å². The van der Waals surface area contributed by atoms with E-state index >= 15 is 0 Å². The van der Waals surface area contributed by atoms with Gasteiger partial charge in [-0.15, -0.1) is 0 Å². The van der Waals surface area contributed by atoms with Crippen LogP contribution in [0.15, 0.2) is 65.3 Å². The molecule has 3 aliphatic heterocycles. The van der Waals surface area contributed by atoms with E-state index in [0.29, 0.717) is 40.8 Å². The SMILES string of the molecule is CCc1cc(Nc2ncc(Br)c(Nc3ccc4nc(C)ccc4c3P(C)(C)=O)n2)c(OC)cc1N1CCC(N2CCN(CCc3ccc4nc(C5CCC(=O)NC5=O)n(C)c4c3)CC2)CC1. The van der Waals surface area contributed by atoms with Crippen LogP contribution < -0.4 is 30.9 Å². The van der Waals surface area contributed by atoms with Gasteiger partial charge in [-0.25, -0.2) is 9.97 Å². The number of fused-ring (bicyclic) bond motifs is 2. The molecule has 3 N–H and O–H groups in total. The fourth-order valence-electron chi connectivity index (χ4n) is 9.96. The number of ether oxygens (including phenoxy) is 1. The molecule has 2 amide bonds. The molecule has 346 valence electrons. The minimum Gasteiger partial charge on any atom is -0.494 e. The molecule has 3 aromatic carbocycles. The van der Waals surface area contributed by atoms with Gasteiger partial charge in [-0.1, -0.05) is 19.1 Å². The Bertz CT molecular complexity index is 2870. The molecule has 17 heteroatoms. The zero-order valence-corrected chi connectivity index (χ0v) is 41.1. The van der Waals surface area contributed by atoms with E-state index in [1.54, 1.807) is 26.6 Å². The molecule has 1 atom stereocenters. The van der Waals surface area contributed by atoms with E-state index in [-0.39, 0.29) is 11.8 Å². The minimum absolute atomic E-state index is 0.211. The first-order chi connectivity index (χ1) is 31.8. The van der Waals surface area contributed by atoms with Crippen molar-refractivity contribution in [3.8, 4) is 5.75 Å². The molecule has 3 aliphatic rings. The molecule has 15 nitrogen and oxygen atoms in total. The first kappa shape index (κ1) is 45.7. The highest BCUT2D eigenvalue weighted by Crippen LogP contribution is 2.42. The topological polar surface area (TPSA) is 163 Å². The number of nitrogens with one attached hydrogen (secondary N) is 3. The number of amides is 2. The van der Waals surface area contributed by atoms with E-state index in [1.165, 1.54) is 16.8 Å². The average Bonchev–Trinajstić information content (AvgIpc) is 3.63. The lowest BCUT2D eigenvalue weighted by Gasteiger charge is -2.43. The summed E-state index contributed by atoms with van der Waals surface area (Å²) >= 11 is 3.63. The summed E-state index contributed by atoms with van der Waals surface area (Å²) in [4.78, 5) is 51.0. The molecule has 3 saturated heterocycles. The van der Waals surface area contributed by atoms with Crippen molar-refractivity contribution in [1.29, 1.82) is 0 Å². The van der Waals surface area contributed by atoms with Gasteiger partial charge in [-0.05, 0) is 116 Å². The first-order valence-electron chi connectivity index (χ1n) is 23.0. The molecule has 0 radical (unpaired) electrons. The molecule has 1 unspecified atom stereocenters. The van der Waals surface area contributed by atoms with Gasteiger partial charge in [0.25, 0.3) is 0 Å². The minimum atomic E-state index is -2.72. The van der Waals surface area contributed by atoms with Crippen LogP contribution in [-0.4, -0.2) is 118 Å². The summed E-state index contributed by atoms with van der Waals surface area (Å²) in [5, 5.41) is 10.9. The third-order valence-corrected chi connectivity index (χ3v) is 15.7. The summed E-state index contributed by atoms with van der Waals surface area (Å²) in [6.07, 6.45) is 6.57. The summed E-state index contributed by atoms with van der Waals surface area (Å²) in [6.45, 7) is 14.9. The van der Waals surface area contributed by atoms with Crippen molar-refractivity contribution in [1.82, 2.24) is 39.6 Å². The molecular formula is C49H59BrN11O4P. The van der Waals surface area contributed by atoms with E-state index in [2.05, 4.69) is 93.8 Å². The largest absolute Gasteiger partial charge is 0.494 e. The summed E-state index contributed by atoms with van der Waals surface area (Å²) < 4.78 is 22.3. The Morgan fingerprint density at radius 1 is 0.894 bits per heavy atom. The van der Waals surface area contributed by atoms with Crippen LogP contribution in [0.5, 0.6) is 5.75 Å². The Labute approximate surface area is 394 Å². The molecule has 66 heavy (non-hydrogen) atoms. The van der Waals surface area contributed by atoms with Crippen LogP contribution in [0.25, 0.3) is 21.9 Å². The van der Waals surface area contributed by atoms with Crippen LogP contribution in [0.3, 0.4) is 0 Å². The number of imide groups is 1. The van der Waals surface area contributed by atoms with Crippen molar-refractivity contribution in [2.75, 3.05) is 81.8 Å². The van der Waals surface area contributed by atoms with Crippen molar-refractivity contribution in [3.05, 3.63) is 87.9 Å². The normalized spacial score (nSPS) is 18.0. The van der Waals surface area contributed by atoms with Crippen LogP contribution in [0, 0.1) is 6.92 Å². The van der Waals surface area contributed by atoms with Gasteiger partial charge in [-0.2, -0.15) is 4.98 Å². The summed E-state index contributed by atoms with van der Waals surface area (Å²) in [5.41, 5.74) is 8.80. The van der Waals surface area contributed by atoms with E-state index in [4.69, 9.17) is 14.7 Å². The first-order valence-corrected chi connectivity index (χ1v) is 26.4. The Kier molecular flexibility index (Phi) is 13.2. The maximum absolute atomic E-state index is 13.7. The number of rotatable bonds is 13. The predicted molar refractivity (Wildman–Crippen MR) is 267 cm³/mol. The fraction of sp³-hybridized carbons (Fsp3) is 0.429. The molecule has 6 heterocycles. The highest BCUT2D eigenvalue weighted by atomic mass is 79.9. The van der Waals surface area contributed by atoms with Crippen molar-refractivity contribution in [2.45, 2.75) is 64.3 Å². The van der Waals surface area contributed by atoms with E-state index in [1.807, 2.05) is 42.8 Å². The third-order valence-electron chi connectivity index (χ3n) is 13.5. The van der Waals surface area contributed by atoms with Gasteiger partial charge in [0, 0.05) is 99.7 Å². The molecule has 6 aromatic rings. The second-order valence-corrected chi connectivity index (χ2v) is 22.2. The Morgan fingerprint density at radius 2 is 1.67 bits per heavy atom. The van der Waals surface area contributed by atoms with Crippen molar-refractivity contribution in [3.63, 3.8) is 0 Å². The number of halogens is 1. The van der Waals surface area contributed by atoms with Crippen LogP contribution in [-0.2, 0) is 34.0 Å². The number of pyridine rings is 1. The number of hydrogen-bond donors (Lipinski definition) is 3. The molecule has 0 bridgehead atoms. The smallest absolute Gasteiger partial charge is 0.237 e. The van der Waals surface area contributed by atoms with Gasteiger partial charge in [-0.3, -0.25) is 24.8 Å². The maximum atomic E-state index is 13.7. The second-order valence-electron chi connectivity index (χ2n) is 18.2.